The summed E-state index contributed by atoms with van der Waals surface area (Å²) < 4.78 is 5.43. The van der Waals surface area contributed by atoms with Gasteiger partial charge in [0.2, 0.25) is 0 Å². The number of carbonyl (C=O) groups is 1. The van der Waals surface area contributed by atoms with E-state index in [1.165, 1.54) is 12.0 Å². The maximum absolute atomic E-state index is 12.6. The Bertz CT molecular complexity index is 710. The topological polar surface area (TPSA) is 46.3 Å². The van der Waals surface area contributed by atoms with E-state index in [0.29, 0.717) is 11.5 Å². The summed E-state index contributed by atoms with van der Waals surface area (Å²) in [6.07, 6.45) is 3.31. The van der Waals surface area contributed by atoms with E-state index < -0.39 is 0 Å². The average molecular weight is 326 g/mol. The highest BCUT2D eigenvalue weighted by molar-refractivity contribution is 5.93. The van der Waals surface area contributed by atoms with Gasteiger partial charge in [0.1, 0.15) is 0 Å². The van der Waals surface area contributed by atoms with Crippen LogP contribution in [0.4, 0.5) is 0 Å². The zero-order valence-corrected chi connectivity index (χ0v) is 15.0. The second-order valence-corrected chi connectivity index (χ2v) is 7.75. The van der Waals surface area contributed by atoms with E-state index in [0.717, 1.165) is 24.9 Å². The fraction of sp³-hybridized carbons (Fsp3) is 0.500. The van der Waals surface area contributed by atoms with E-state index in [9.17, 15) is 4.79 Å². The van der Waals surface area contributed by atoms with Crippen molar-refractivity contribution >= 4 is 5.91 Å². The number of carbonyl (C=O) groups excluding carboxylic acids is 1. The molecular formula is C20H26N2O2. The Morgan fingerprint density at radius 2 is 1.92 bits per heavy atom. The molecule has 0 aliphatic carbocycles. The molecule has 0 spiro atoms. The summed E-state index contributed by atoms with van der Waals surface area (Å²) in [6.45, 7) is 9.47. The standard InChI is InChI=1S/C20H26N2O2/c1-14-7-5-6-12-22(14)19(23)17-13-18(24-21-17)15-8-10-16(11-9-15)20(2,3)4/h8-11,13-14H,5-7,12H2,1-4H3. The molecule has 1 amide bonds. The van der Waals surface area contributed by atoms with Crippen LogP contribution in [0.3, 0.4) is 0 Å². The van der Waals surface area contributed by atoms with Crippen molar-refractivity contribution in [1.82, 2.24) is 10.1 Å². The monoisotopic (exact) mass is 326 g/mol. The zero-order chi connectivity index (χ0) is 17.3. The van der Waals surface area contributed by atoms with Crippen molar-refractivity contribution in [3.8, 4) is 11.3 Å². The van der Waals surface area contributed by atoms with Crippen molar-refractivity contribution in [3.63, 3.8) is 0 Å². The molecule has 1 aromatic heterocycles. The third-order valence-electron chi connectivity index (χ3n) is 4.83. The van der Waals surface area contributed by atoms with Crippen molar-refractivity contribution in [2.24, 2.45) is 0 Å². The van der Waals surface area contributed by atoms with Crippen LogP contribution in [0.5, 0.6) is 0 Å². The minimum atomic E-state index is -0.0245. The molecule has 1 aliphatic heterocycles. The molecule has 0 saturated carbocycles. The van der Waals surface area contributed by atoms with Gasteiger partial charge in [0.05, 0.1) is 0 Å². The van der Waals surface area contributed by atoms with Crippen LogP contribution in [0.1, 0.15) is 63.0 Å². The highest BCUT2D eigenvalue weighted by atomic mass is 16.5. The summed E-state index contributed by atoms with van der Waals surface area (Å²) in [4.78, 5) is 14.6. The highest BCUT2D eigenvalue weighted by Crippen LogP contribution is 2.27. The fourth-order valence-electron chi connectivity index (χ4n) is 3.19. The lowest BCUT2D eigenvalue weighted by molar-refractivity contribution is 0.0625. The predicted octanol–water partition coefficient (Wildman–Crippen LogP) is 4.65. The Kier molecular flexibility index (Phi) is 4.48. The number of rotatable bonds is 2. The van der Waals surface area contributed by atoms with Gasteiger partial charge in [-0.1, -0.05) is 50.2 Å². The van der Waals surface area contributed by atoms with Crippen LogP contribution in [0, 0.1) is 0 Å². The number of aromatic nitrogens is 1. The second kappa shape index (κ2) is 6.42. The molecule has 24 heavy (non-hydrogen) atoms. The first-order chi connectivity index (χ1) is 11.4. The van der Waals surface area contributed by atoms with Crippen molar-refractivity contribution in [2.45, 2.75) is 58.4 Å². The van der Waals surface area contributed by atoms with Gasteiger partial charge >= 0.3 is 0 Å². The number of nitrogens with zero attached hydrogens (tertiary/aromatic N) is 2. The quantitative estimate of drug-likeness (QED) is 0.807. The minimum absolute atomic E-state index is 0.0245. The lowest BCUT2D eigenvalue weighted by atomic mass is 9.86. The molecule has 3 rings (SSSR count). The van der Waals surface area contributed by atoms with E-state index in [1.54, 1.807) is 6.07 Å². The molecule has 1 unspecified atom stereocenters. The van der Waals surface area contributed by atoms with Gasteiger partial charge in [-0.2, -0.15) is 0 Å². The van der Waals surface area contributed by atoms with Gasteiger partial charge in [-0.25, -0.2) is 0 Å². The summed E-state index contributed by atoms with van der Waals surface area (Å²) in [7, 11) is 0. The van der Waals surface area contributed by atoms with Crippen LogP contribution < -0.4 is 0 Å². The van der Waals surface area contributed by atoms with E-state index in [4.69, 9.17) is 4.52 Å². The maximum atomic E-state index is 12.6. The van der Waals surface area contributed by atoms with Gasteiger partial charge in [0.15, 0.2) is 11.5 Å². The molecule has 2 aromatic rings. The molecule has 0 N–H and O–H groups in total. The first kappa shape index (κ1) is 16.7. The van der Waals surface area contributed by atoms with Crippen molar-refractivity contribution in [2.75, 3.05) is 6.54 Å². The molecule has 0 radical (unpaired) electrons. The number of amides is 1. The number of hydrogen-bond acceptors (Lipinski definition) is 3. The van der Waals surface area contributed by atoms with Gasteiger partial charge in [-0.05, 0) is 37.2 Å². The Morgan fingerprint density at radius 1 is 1.21 bits per heavy atom. The molecule has 1 saturated heterocycles. The summed E-state index contributed by atoms with van der Waals surface area (Å²) in [5, 5.41) is 4.01. The molecule has 128 valence electrons. The van der Waals surface area contributed by atoms with Crippen LogP contribution in [-0.2, 0) is 5.41 Å². The lowest BCUT2D eigenvalue weighted by Crippen LogP contribution is -2.42. The van der Waals surface area contributed by atoms with Gasteiger partial charge in [0.25, 0.3) is 5.91 Å². The van der Waals surface area contributed by atoms with E-state index in [-0.39, 0.29) is 17.4 Å². The summed E-state index contributed by atoms with van der Waals surface area (Å²) in [5.41, 5.74) is 2.73. The maximum Gasteiger partial charge on any atom is 0.276 e. The fourth-order valence-corrected chi connectivity index (χ4v) is 3.19. The van der Waals surface area contributed by atoms with Crippen LogP contribution in [0.2, 0.25) is 0 Å². The van der Waals surface area contributed by atoms with Crippen LogP contribution in [0.25, 0.3) is 11.3 Å². The SMILES string of the molecule is CC1CCCCN1C(=O)c1cc(-c2ccc(C(C)(C)C)cc2)on1. The van der Waals surface area contributed by atoms with Gasteiger partial charge in [0, 0.05) is 24.2 Å². The van der Waals surface area contributed by atoms with Gasteiger partial charge < -0.3 is 9.42 Å². The molecule has 2 heterocycles. The van der Waals surface area contributed by atoms with Gasteiger partial charge in [-0.3, -0.25) is 4.79 Å². The highest BCUT2D eigenvalue weighted by Gasteiger charge is 2.26. The largest absolute Gasteiger partial charge is 0.355 e. The molecule has 1 atom stereocenters. The van der Waals surface area contributed by atoms with E-state index >= 15 is 0 Å². The van der Waals surface area contributed by atoms with E-state index in [1.807, 2.05) is 17.0 Å². The van der Waals surface area contributed by atoms with Crippen molar-refractivity contribution in [1.29, 1.82) is 0 Å². The molecule has 1 fully saturated rings. The van der Waals surface area contributed by atoms with Crippen LogP contribution >= 0.6 is 0 Å². The first-order valence-corrected chi connectivity index (χ1v) is 8.75. The van der Waals surface area contributed by atoms with E-state index in [2.05, 4.69) is 45.0 Å². The Balaban J connectivity index is 1.79. The van der Waals surface area contributed by atoms with Crippen molar-refractivity contribution < 1.29 is 9.32 Å². The Labute approximate surface area is 143 Å². The third-order valence-corrected chi connectivity index (χ3v) is 4.83. The Morgan fingerprint density at radius 3 is 2.54 bits per heavy atom. The lowest BCUT2D eigenvalue weighted by Gasteiger charge is -2.32. The number of hydrogen-bond donors (Lipinski definition) is 0. The summed E-state index contributed by atoms with van der Waals surface area (Å²) in [5.74, 6) is 0.618. The molecule has 4 nitrogen and oxygen atoms in total. The number of benzene rings is 1. The van der Waals surface area contributed by atoms with Gasteiger partial charge in [-0.15, -0.1) is 0 Å². The van der Waals surface area contributed by atoms with Crippen LogP contribution in [0.15, 0.2) is 34.9 Å². The van der Waals surface area contributed by atoms with Crippen LogP contribution in [-0.4, -0.2) is 28.6 Å². The Hall–Kier alpha value is -2.10. The molecule has 1 aromatic carbocycles. The molecular weight excluding hydrogens is 300 g/mol. The minimum Gasteiger partial charge on any atom is -0.355 e. The smallest absolute Gasteiger partial charge is 0.276 e. The summed E-state index contributed by atoms with van der Waals surface area (Å²) in [6, 6.07) is 10.3. The number of likely N-dealkylation sites (tertiary alicyclic amines) is 1. The first-order valence-electron chi connectivity index (χ1n) is 8.75. The number of piperidine rings is 1. The molecule has 4 heteroatoms. The van der Waals surface area contributed by atoms with Crippen molar-refractivity contribution in [3.05, 3.63) is 41.6 Å². The second-order valence-electron chi connectivity index (χ2n) is 7.75. The molecule has 0 bridgehead atoms. The summed E-state index contributed by atoms with van der Waals surface area (Å²) >= 11 is 0. The predicted molar refractivity (Wildman–Crippen MR) is 95.0 cm³/mol. The third kappa shape index (κ3) is 3.37. The molecule has 1 aliphatic rings. The average Bonchev–Trinajstić information content (AvgIpc) is 3.04. The zero-order valence-electron chi connectivity index (χ0n) is 15.0. The normalized spacial score (nSPS) is 18.7.